The number of hydrogen-bond donors (Lipinski definition) is 2. The molecule has 0 atom stereocenters. The Morgan fingerprint density at radius 3 is 2.76 bits per heavy atom. The van der Waals surface area contributed by atoms with Crippen LogP contribution < -0.4 is 10.6 Å². The van der Waals surface area contributed by atoms with Gasteiger partial charge in [0.15, 0.2) is 0 Å². The van der Waals surface area contributed by atoms with Crippen molar-refractivity contribution in [1.82, 2.24) is 15.5 Å². The number of ether oxygens (including phenoxy) is 1. The fourth-order valence-corrected chi connectivity index (χ4v) is 0.966. The van der Waals surface area contributed by atoms with Crippen LogP contribution in [0.5, 0.6) is 0 Å². The van der Waals surface area contributed by atoms with Crippen LogP contribution >= 0.6 is 0 Å². The van der Waals surface area contributed by atoms with Crippen molar-refractivity contribution in [3.05, 3.63) is 5.89 Å². The summed E-state index contributed by atoms with van der Waals surface area (Å²) in [4.78, 5) is 0. The van der Waals surface area contributed by atoms with Crippen molar-refractivity contribution >= 4 is 6.01 Å². The molecule has 0 aliphatic rings. The number of nitrogens with zero attached hydrogens (tertiary/aromatic N) is 2. The Kier molecular flexibility index (Phi) is 5.16. The van der Waals surface area contributed by atoms with Gasteiger partial charge >= 0.3 is 12.2 Å². The van der Waals surface area contributed by atoms with Gasteiger partial charge in [-0.1, -0.05) is 5.10 Å². The number of halogens is 3. The van der Waals surface area contributed by atoms with E-state index in [2.05, 4.69) is 25.6 Å². The van der Waals surface area contributed by atoms with E-state index in [9.17, 15) is 13.2 Å². The van der Waals surface area contributed by atoms with Crippen LogP contribution in [0.2, 0.25) is 0 Å². The van der Waals surface area contributed by atoms with E-state index in [0.717, 1.165) is 0 Å². The zero-order valence-electron chi connectivity index (χ0n) is 9.17. The van der Waals surface area contributed by atoms with Crippen molar-refractivity contribution in [2.75, 3.05) is 32.1 Å². The molecule has 9 heteroatoms. The molecule has 0 spiro atoms. The molecule has 0 aliphatic heterocycles. The first-order chi connectivity index (χ1) is 8.01. The Bertz CT molecular complexity index is 329. The molecule has 0 aliphatic carbocycles. The molecule has 0 unspecified atom stereocenters. The molecule has 1 aromatic heterocycles. The average Bonchev–Trinajstić information content (AvgIpc) is 2.64. The highest BCUT2D eigenvalue weighted by atomic mass is 19.4. The van der Waals surface area contributed by atoms with Crippen LogP contribution in [0.1, 0.15) is 5.89 Å². The highest BCUT2D eigenvalue weighted by Crippen LogP contribution is 2.14. The largest absolute Gasteiger partial charge is 0.411 e. The highest BCUT2D eigenvalue weighted by Gasteiger charge is 2.27. The second kappa shape index (κ2) is 6.40. The Morgan fingerprint density at radius 2 is 2.12 bits per heavy atom. The number of nitrogens with one attached hydrogen (secondary N) is 2. The van der Waals surface area contributed by atoms with Gasteiger partial charge in [0.1, 0.15) is 6.61 Å². The van der Waals surface area contributed by atoms with Crippen LogP contribution in [-0.2, 0) is 11.3 Å². The second-order valence-electron chi connectivity index (χ2n) is 3.13. The van der Waals surface area contributed by atoms with Crippen molar-refractivity contribution in [1.29, 1.82) is 0 Å². The summed E-state index contributed by atoms with van der Waals surface area (Å²) in [5.74, 6) is 0.395. The summed E-state index contributed by atoms with van der Waals surface area (Å²) in [7, 11) is 1.72. The maximum Gasteiger partial charge on any atom is 0.411 e. The quantitative estimate of drug-likeness (QED) is 0.700. The summed E-state index contributed by atoms with van der Waals surface area (Å²) in [6.07, 6.45) is -4.30. The number of anilines is 1. The summed E-state index contributed by atoms with van der Waals surface area (Å²) in [5.41, 5.74) is 0. The molecule has 0 radical (unpaired) electrons. The fourth-order valence-electron chi connectivity index (χ4n) is 0.966. The lowest BCUT2D eigenvalue weighted by molar-refractivity contribution is -0.172. The van der Waals surface area contributed by atoms with E-state index < -0.39 is 12.8 Å². The van der Waals surface area contributed by atoms with E-state index in [4.69, 9.17) is 4.42 Å². The SMILES string of the molecule is CNCc1nnc(NCCOCC(F)(F)F)o1. The van der Waals surface area contributed by atoms with Crippen molar-refractivity contribution in [3.8, 4) is 0 Å². The van der Waals surface area contributed by atoms with Gasteiger partial charge in [0.05, 0.1) is 13.2 Å². The molecule has 98 valence electrons. The van der Waals surface area contributed by atoms with Gasteiger partial charge in [-0.2, -0.15) is 13.2 Å². The topological polar surface area (TPSA) is 72.2 Å². The van der Waals surface area contributed by atoms with Gasteiger partial charge in [-0.15, -0.1) is 5.10 Å². The molecule has 0 saturated carbocycles. The normalized spacial score (nSPS) is 11.8. The Labute approximate surface area is 95.5 Å². The van der Waals surface area contributed by atoms with Gasteiger partial charge in [-0.05, 0) is 7.05 Å². The molecule has 1 aromatic rings. The predicted molar refractivity (Wildman–Crippen MR) is 52.4 cm³/mol. The van der Waals surface area contributed by atoms with Gasteiger partial charge in [0, 0.05) is 6.54 Å². The van der Waals surface area contributed by atoms with E-state index in [1.165, 1.54) is 0 Å². The van der Waals surface area contributed by atoms with Crippen molar-refractivity contribution in [3.63, 3.8) is 0 Å². The standard InChI is InChI=1S/C8H13F3N4O2/c1-12-4-6-14-15-7(17-6)13-2-3-16-5-8(9,10)11/h12H,2-5H2,1H3,(H,13,15). The summed E-state index contributed by atoms with van der Waals surface area (Å²) < 4.78 is 44.6. The Balaban J connectivity index is 2.13. The third kappa shape index (κ3) is 6.07. The van der Waals surface area contributed by atoms with E-state index >= 15 is 0 Å². The van der Waals surface area contributed by atoms with Crippen LogP contribution in [0.4, 0.5) is 19.2 Å². The van der Waals surface area contributed by atoms with Crippen molar-refractivity contribution in [2.45, 2.75) is 12.7 Å². The lowest BCUT2D eigenvalue weighted by Crippen LogP contribution is -2.20. The van der Waals surface area contributed by atoms with E-state index in [0.29, 0.717) is 12.4 Å². The smallest absolute Gasteiger partial charge is 0.407 e. The average molecular weight is 254 g/mol. The predicted octanol–water partition coefficient (Wildman–Crippen LogP) is 0.780. The summed E-state index contributed by atoms with van der Waals surface area (Å²) in [5, 5.41) is 12.8. The van der Waals surface area contributed by atoms with Crippen LogP contribution in [0.15, 0.2) is 4.42 Å². The number of rotatable bonds is 7. The molecule has 0 fully saturated rings. The van der Waals surface area contributed by atoms with E-state index in [1.54, 1.807) is 7.05 Å². The maximum absolute atomic E-state index is 11.7. The van der Waals surface area contributed by atoms with Gasteiger partial charge < -0.3 is 19.8 Å². The molecule has 1 rings (SSSR count). The van der Waals surface area contributed by atoms with Crippen molar-refractivity contribution in [2.24, 2.45) is 0 Å². The minimum atomic E-state index is -4.30. The molecule has 2 N–H and O–H groups in total. The zero-order valence-corrected chi connectivity index (χ0v) is 9.17. The Hall–Kier alpha value is -1.35. The highest BCUT2D eigenvalue weighted by molar-refractivity contribution is 5.16. The summed E-state index contributed by atoms with van der Waals surface area (Å²) >= 11 is 0. The molecule has 0 amide bonds. The van der Waals surface area contributed by atoms with Crippen LogP contribution in [-0.4, -0.2) is 43.2 Å². The molecule has 1 heterocycles. The van der Waals surface area contributed by atoms with Gasteiger partial charge in [-0.3, -0.25) is 0 Å². The second-order valence-corrected chi connectivity index (χ2v) is 3.13. The van der Waals surface area contributed by atoms with Crippen molar-refractivity contribution < 1.29 is 22.3 Å². The molecular weight excluding hydrogens is 241 g/mol. The Morgan fingerprint density at radius 1 is 1.35 bits per heavy atom. The van der Waals surface area contributed by atoms with E-state index in [1.807, 2.05) is 0 Å². The van der Waals surface area contributed by atoms with Gasteiger partial charge in [0.2, 0.25) is 5.89 Å². The fraction of sp³-hybridized carbons (Fsp3) is 0.750. The molecular formula is C8H13F3N4O2. The molecule has 0 saturated heterocycles. The summed E-state index contributed by atoms with van der Waals surface area (Å²) in [6, 6.07) is 0.158. The first kappa shape index (κ1) is 13.7. The number of aromatic nitrogens is 2. The molecule has 0 aromatic carbocycles. The minimum absolute atomic E-state index is 0.0940. The third-order valence-electron chi connectivity index (χ3n) is 1.58. The molecule has 17 heavy (non-hydrogen) atoms. The number of alkyl halides is 3. The van der Waals surface area contributed by atoms with Crippen LogP contribution in [0.25, 0.3) is 0 Å². The minimum Gasteiger partial charge on any atom is -0.407 e. The first-order valence-corrected chi connectivity index (χ1v) is 4.86. The number of hydrogen-bond acceptors (Lipinski definition) is 6. The molecule has 6 nitrogen and oxygen atoms in total. The van der Waals surface area contributed by atoms with Gasteiger partial charge in [0.25, 0.3) is 0 Å². The van der Waals surface area contributed by atoms with Crippen LogP contribution in [0.3, 0.4) is 0 Å². The molecule has 0 bridgehead atoms. The summed E-state index contributed by atoms with van der Waals surface area (Å²) in [6.45, 7) is -0.761. The lowest BCUT2D eigenvalue weighted by atomic mass is 10.6. The monoisotopic (exact) mass is 254 g/mol. The zero-order chi connectivity index (χ0) is 12.7. The lowest BCUT2D eigenvalue weighted by Gasteiger charge is -2.07. The van der Waals surface area contributed by atoms with Crippen LogP contribution in [0, 0.1) is 0 Å². The van der Waals surface area contributed by atoms with Gasteiger partial charge in [-0.25, -0.2) is 0 Å². The maximum atomic E-state index is 11.7. The third-order valence-corrected chi connectivity index (χ3v) is 1.58. The first-order valence-electron chi connectivity index (χ1n) is 4.86. The van der Waals surface area contributed by atoms with E-state index in [-0.39, 0.29) is 19.2 Å².